The van der Waals surface area contributed by atoms with Crippen molar-refractivity contribution in [2.24, 2.45) is 5.73 Å². The maximum absolute atomic E-state index is 5.79. The van der Waals surface area contributed by atoms with Crippen LogP contribution in [0.15, 0.2) is 22.9 Å². The van der Waals surface area contributed by atoms with Crippen LogP contribution >= 0.6 is 15.9 Å². The number of nitrogens with zero attached hydrogens (tertiary/aromatic N) is 1. The molecule has 1 aromatic heterocycles. The minimum Gasteiger partial charge on any atom is -0.324 e. The average Bonchev–Trinajstić information content (AvgIpc) is 2.05. The maximum atomic E-state index is 5.79. The lowest BCUT2D eigenvalue weighted by Crippen LogP contribution is -2.08. The van der Waals surface area contributed by atoms with Gasteiger partial charge in [0, 0.05) is 12.2 Å². The molecule has 0 fully saturated rings. The summed E-state index contributed by atoms with van der Waals surface area (Å²) in [6.07, 6.45) is 2.75. The number of pyridine rings is 1. The quantitative estimate of drug-likeness (QED) is 0.768. The van der Waals surface area contributed by atoms with Crippen LogP contribution in [0.4, 0.5) is 0 Å². The molecule has 0 bridgehead atoms. The van der Waals surface area contributed by atoms with E-state index in [1.165, 1.54) is 0 Å². The molecule has 1 atom stereocenters. The Bertz CT molecular complexity index is 220. The van der Waals surface area contributed by atoms with Gasteiger partial charge in [0.25, 0.3) is 0 Å². The van der Waals surface area contributed by atoms with Crippen molar-refractivity contribution < 1.29 is 0 Å². The zero-order chi connectivity index (χ0) is 8.27. The molecule has 2 nitrogen and oxygen atoms in total. The highest BCUT2D eigenvalue weighted by Gasteiger charge is 2.01. The smallest absolute Gasteiger partial charge is 0.106 e. The van der Waals surface area contributed by atoms with Crippen molar-refractivity contribution >= 4 is 15.9 Å². The van der Waals surface area contributed by atoms with E-state index in [9.17, 15) is 0 Å². The highest BCUT2D eigenvalue weighted by atomic mass is 79.9. The van der Waals surface area contributed by atoms with Gasteiger partial charge in [-0.2, -0.15) is 0 Å². The van der Waals surface area contributed by atoms with Gasteiger partial charge < -0.3 is 5.73 Å². The molecule has 11 heavy (non-hydrogen) atoms. The number of halogens is 1. The van der Waals surface area contributed by atoms with E-state index in [1.807, 2.05) is 12.1 Å². The standard InChI is InChI=1S/C8H11BrN2/c1-2-7(10)6-3-4-8(9)11-5-6/h3-5,7H,2,10H2,1H3. The summed E-state index contributed by atoms with van der Waals surface area (Å²) in [5, 5.41) is 0. The van der Waals surface area contributed by atoms with Gasteiger partial charge in [0.15, 0.2) is 0 Å². The zero-order valence-corrected chi connectivity index (χ0v) is 8.01. The van der Waals surface area contributed by atoms with Gasteiger partial charge in [0.05, 0.1) is 0 Å². The second-order valence-corrected chi connectivity index (χ2v) is 3.24. The lowest BCUT2D eigenvalue weighted by molar-refractivity contribution is 0.695. The Morgan fingerprint density at radius 1 is 1.64 bits per heavy atom. The van der Waals surface area contributed by atoms with Crippen molar-refractivity contribution in [2.45, 2.75) is 19.4 Å². The fraction of sp³-hybridized carbons (Fsp3) is 0.375. The molecule has 0 aliphatic rings. The highest BCUT2D eigenvalue weighted by molar-refractivity contribution is 9.10. The molecule has 0 amide bonds. The van der Waals surface area contributed by atoms with Crippen molar-refractivity contribution in [3.05, 3.63) is 28.5 Å². The Labute approximate surface area is 75.0 Å². The van der Waals surface area contributed by atoms with E-state index in [4.69, 9.17) is 5.73 Å². The van der Waals surface area contributed by atoms with Crippen molar-refractivity contribution in [1.29, 1.82) is 0 Å². The molecule has 0 aliphatic heterocycles. The number of rotatable bonds is 2. The fourth-order valence-corrected chi connectivity index (χ4v) is 1.08. The zero-order valence-electron chi connectivity index (χ0n) is 6.42. The van der Waals surface area contributed by atoms with E-state index in [0.29, 0.717) is 0 Å². The van der Waals surface area contributed by atoms with Crippen LogP contribution in [0.2, 0.25) is 0 Å². The lowest BCUT2D eigenvalue weighted by Gasteiger charge is -2.07. The molecule has 60 valence electrons. The third-order valence-corrected chi connectivity index (χ3v) is 2.09. The average molecular weight is 215 g/mol. The molecule has 0 radical (unpaired) electrons. The molecular formula is C8H11BrN2. The SMILES string of the molecule is CCC(N)c1ccc(Br)nc1. The molecule has 2 N–H and O–H groups in total. The number of nitrogens with two attached hydrogens (primary N) is 1. The van der Waals surface area contributed by atoms with E-state index in [2.05, 4.69) is 27.8 Å². The number of aromatic nitrogens is 1. The van der Waals surface area contributed by atoms with Gasteiger partial charge >= 0.3 is 0 Å². The first kappa shape index (κ1) is 8.68. The second-order valence-electron chi connectivity index (χ2n) is 2.43. The summed E-state index contributed by atoms with van der Waals surface area (Å²) in [6.45, 7) is 2.06. The molecule has 0 aliphatic carbocycles. The van der Waals surface area contributed by atoms with Gasteiger partial charge in [-0.25, -0.2) is 4.98 Å². The van der Waals surface area contributed by atoms with E-state index in [0.717, 1.165) is 16.6 Å². The number of hydrogen-bond donors (Lipinski definition) is 1. The molecule has 0 saturated heterocycles. The topological polar surface area (TPSA) is 38.9 Å². The van der Waals surface area contributed by atoms with Gasteiger partial charge in [-0.15, -0.1) is 0 Å². The normalized spacial score (nSPS) is 13.0. The molecule has 1 rings (SSSR count). The van der Waals surface area contributed by atoms with Crippen LogP contribution in [0.3, 0.4) is 0 Å². The third kappa shape index (κ3) is 2.27. The Hall–Kier alpha value is -0.410. The molecule has 0 saturated carbocycles. The summed E-state index contributed by atoms with van der Waals surface area (Å²) in [5.74, 6) is 0. The highest BCUT2D eigenvalue weighted by Crippen LogP contribution is 2.14. The molecule has 1 heterocycles. The van der Waals surface area contributed by atoms with Gasteiger partial charge in [-0.3, -0.25) is 0 Å². The van der Waals surface area contributed by atoms with Crippen LogP contribution in [0, 0.1) is 0 Å². The second kappa shape index (κ2) is 3.83. The lowest BCUT2D eigenvalue weighted by atomic mass is 10.1. The van der Waals surface area contributed by atoms with Gasteiger partial charge in [-0.05, 0) is 34.0 Å². The minimum absolute atomic E-state index is 0.121. The molecule has 0 aromatic carbocycles. The summed E-state index contributed by atoms with van der Waals surface area (Å²) in [4.78, 5) is 4.08. The summed E-state index contributed by atoms with van der Waals surface area (Å²) < 4.78 is 0.851. The molecular weight excluding hydrogens is 204 g/mol. The predicted octanol–water partition coefficient (Wildman–Crippen LogP) is 2.25. The summed E-state index contributed by atoms with van der Waals surface area (Å²) in [7, 11) is 0. The van der Waals surface area contributed by atoms with Crippen LogP contribution in [-0.2, 0) is 0 Å². The Balaban J connectivity index is 2.81. The minimum atomic E-state index is 0.121. The molecule has 1 unspecified atom stereocenters. The fourth-order valence-electron chi connectivity index (χ4n) is 0.842. The van der Waals surface area contributed by atoms with E-state index in [1.54, 1.807) is 6.20 Å². The van der Waals surface area contributed by atoms with Crippen LogP contribution < -0.4 is 5.73 Å². The Morgan fingerprint density at radius 2 is 2.36 bits per heavy atom. The Morgan fingerprint density at radius 3 is 2.82 bits per heavy atom. The van der Waals surface area contributed by atoms with E-state index < -0.39 is 0 Å². The Kier molecular flexibility index (Phi) is 3.02. The summed E-state index contributed by atoms with van der Waals surface area (Å²) in [5.41, 5.74) is 6.88. The largest absolute Gasteiger partial charge is 0.324 e. The van der Waals surface area contributed by atoms with Crippen LogP contribution in [0.1, 0.15) is 24.9 Å². The number of hydrogen-bond acceptors (Lipinski definition) is 2. The predicted molar refractivity (Wildman–Crippen MR) is 49.2 cm³/mol. The first-order valence-corrected chi connectivity index (χ1v) is 4.40. The van der Waals surface area contributed by atoms with Crippen molar-refractivity contribution in [3.8, 4) is 0 Å². The summed E-state index contributed by atoms with van der Waals surface area (Å²) in [6, 6.07) is 4.02. The van der Waals surface area contributed by atoms with Gasteiger partial charge in [0.2, 0.25) is 0 Å². The van der Waals surface area contributed by atoms with E-state index in [-0.39, 0.29) is 6.04 Å². The van der Waals surface area contributed by atoms with Crippen molar-refractivity contribution in [1.82, 2.24) is 4.98 Å². The van der Waals surface area contributed by atoms with Gasteiger partial charge in [0.1, 0.15) is 4.60 Å². The van der Waals surface area contributed by atoms with Crippen molar-refractivity contribution in [2.75, 3.05) is 0 Å². The van der Waals surface area contributed by atoms with Crippen LogP contribution in [0.5, 0.6) is 0 Å². The van der Waals surface area contributed by atoms with Gasteiger partial charge in [-0.1, -0.05) is 13.0 Å². The van der Waals surface area contributed by atoms with Crippen molar-refractivity contribution in [3.63, 3.8) is 0 Å². The maximum Gasteiger partial charge on any atom is 0.106 e. The molecule has 3 heteroatoms. The first-order chi connectivity index (χ1) is 5.24. The molecule has 1 aromatic rings. The summed E-state index contributed by atoms with van der Waals surface area (Å²) >= 11 is 3.26. The van der Waals surface area contributed by atoms with E-state index >= 15 is 0 Å². The monoisotopic (exact) mass is 214 g/mol. The van der Waals surface area contributed by atoms with Crippen LogP contribution in [-0.4, -0.2) is 4.98 Å². The third-order valence-electron chi connectivity index (χ3n) is 1.62. The first-order valence-electron chi connectivity index (χ1n) is 3.61. The van der Waals surface area contributed by atoms with Crippen LogP contribution in [0.25, 0.3) is 0 Å². The molecule has 0 spiro atoms.